The van der Waals surface area contributed by atoms with Gasteiger partial charge in [-0.3, -0.25) is 4.79 Å². The lowest BCUT2D eigenvalue weighted by atomic mass is 10.2. The van der Waals surface area contributed by atoms with Gasteiger partial charge >= 0.3 is 5.97 Å². The number of hydrogen-bond acceptors (Lipinski definition) is 6. The van der Waals surface area contributed by atoms with Crippen LogP contribution in [0.1, 0.15) is 30.6 Å². The van der Waals surface area contributed by atoms with Gasteiger partial charge in [0.05, 0.1) is 7.11 Å². The maximum Gasteiger partial charge on any atom is 0.321 e. The van der Waals surface area contributed by atoms with Crippen LogP contribution in [-0.4, -0.2) is 38.4 Å². The molecule has 1 aromatic heterocycles. The quantitative estimate of drug-likeness (QED) is 0.768. The van der Waals surface area contributed by atoms with Crippen molar-refractivity contribution in [3.05, 3.63) is 17.0 Å². The number of thiophene rings is 1. The van der Waals surface area contributed by atoms with Crippen LogP contribution in [-0.2, 0) is 19.6 Å². The molecule has 1 aliphatic carbocycles. The number of esters is 1. The molecule has 0 aliphatic heterocycles. The van der Waals surface area contributed by atoms with E-state index < -0.39 is 16.0 Å². The molecule has 8 heteroatoms. The first-order valence-corrected chi connectivity index (χ1v) is 8.83. The third-order valence-corrected chi connectivity index (χ3v) is 6.85. The van der Waals surface area contributed by atoms with Crippen LogP contribution in [0.15, 0.2) is 16.3 Å². The monoisotopic (exact) mass is 328 g/mol. The van der Waals surface area contributed by atoms with Crippen molar-refractivity contribution in [1.29, 1.82) is 5.26 Å². The van der Waals surface area contributed by atoms with E-state index in [1.54, 1.807) is 0 Å². The number of rotatable bonds is 5. The van der Waals surface area contributed by atoms with Crippen molar-refractivity contribution in [2.75, 3.05) is 13.7 Å². The highest BCUT2D eigenvalue weighted by Crippen LogP contribution is 2.31. The second-order valence-corrected chi connectivity index (χ2v) is 8.00. The summed E-state index contributed by atoms with van der Waals surface area (Å²) in [6, 6.07) is 4.63. The zero-order valence-corrected chi connectivity index (χ0v) is 13.2. The number of hydrogen-bond donors (Lipinski definition) is 0. The first kappa shape index (κ1) is 15.9. The molecule has 1 saturated carbocycles. The zero-order chi connectivity index (χ0) is 15.5. The number of sulfonamides is 1. The fourth-order valence-electron chi connectivity index (χ4n) is 2.43. The molecule has 1 aliphatic rings. The van der Waals surface area contributed by atoms with Crippen molar-refractivity contribution < 1.29 is 17.9 Å². The van der Waals surface area contributed by atoms with Gasteiger partial charge in [0.15, 0.2) is 0 Å². The normalized spacial score (nSPS) is 16.0. The fourth-order valence-corrected chi connectivity index (χ4v) is 5.29. The van der Waals surface area contributed by atoms with Gasteiger partial charge in [-0.1, -0.05) is 12.8 Å². The average molecular weight is 328 g/mol. The van der Waals surface area contributed by atoms with Crippen LogP contribution in [0.5, 0.6) is 0 Å². The maximum atomic E-state index is 12.7. The van der Waals surface area contributed by atoms with E-state index in [0.29, 0.717) is 4.88 Å². The van der Waals surface area contributed by atoms with Crippen LogP contribution in [0.4, 0.5) is 0 Å². The topological polar surface area (TPSA) is 87.5 Å². The first-order valence-electron chi connectivity index (χ1n) is 6.57. The van der Waals surface area contributed by atoms with E-state index in [1.165, 1.54) is 23.5 Å². The number of nitriles is 1. The van der Waals surface area contributed by atoms with Crippen LogP contribution in [0, 0.1) is 11.3 Å². The summed E-state index contributed by atoms with van der Waals surface area (Å²) in [5.74, 6) is -0.581. The molecule has 21 heavy (non-hydrogen) atoms. The maximum absolute atomic E-state index is 12.7. The molecule has 0 aromatic carbocycles. The van der Waals surface area contributed by atoms with Gasteiger partial charge in [0.2, 0.25) is 0 Å². The third-order valence-electron chi connectivity index (χ3n) is 3.50. The molecule has 0 radical (unpaired) electrons. The molecule has 0 unspecified atom stereocenters. The number of nitrogens with zero attached hydrogens (tertiary/aromatic N) is 2. The molecule has 0 amide bonds. The van der Waals surface area contributed by atoms with Gasteiger partial charge in [0.25, 0.3) is 10.0 Å². The lowest BCUT2D eigenvalue weighted by Gasteiger charge is -2.26. The summed E-state index contributed by atoms with van der Waals surface area (Å²) in [7, 11) is -2.54. The fraction of sp³-hybridized carbons (Fsp3) is 0.538. The van der Waals surface area contributed by atoms with Crippen molar-refractivity contribution >= 4 is 27.3 Å². The van der Waals surface area contributed by atoms with Crippen molar-refractivity contribution in [3.63, 3.8) is 0 Å². The van der Waals surface area contributed by atoms with Gasteiger partial charge in [-0.2, -0.15) is 9.57 Å². The number of carbonyl (C=O) groups is 1. The zero-order valence-electron chi connectivity index (χ0n) is 11.6. The molecule has 1 fully saturated rings. The van der Waals surface area contributed by atoms with Crippen LogP contribution in [0.3, 0.4) is 0 Å². The summed E-state index contributed by atoms with van der Waals surface area (Å²) in [5, 5.41) is 8.83. The van der Waals surface area contributed by atoms with Crippen molar-refractivity contribution in [1.82, 2.24) is 4.31 Å². The van der Waals surface area contributed by atoms with Crippen LogP contribution in [0.25, 0.3) is 0 Å². The van der Waals surface area contributed by atoms with Gasteiger partial charge in [0, 0.05) is 6.04 Å². The van der Waals surface area contributed by atoms with E-state index in [1.807, 2.05) is 6.07 Å². The van der Waals surface area contributed by atoms with Gasteiger partial charge in [-0.25, -0.2) is 8.42 Å². The molecule has 6 nitrogen and oxygen atoms in total. The summed E-state index contributed by atoms with van der Waals surface area (Å²) < 4.78 is 31.4. The standard InChI is InChI=1S/C13H16N2O4S2/c1-19-12(16)9-15(10-4-2-3-5-10)21(17,18)13-7-6-11(8-14)20-13/h6-7,10H,2-5,9H2,1H3. The average Bonchev–Trinajstić information content (AvgIpc) is 3.14. The molecule has 0 spiro atoms. The highest BCUT2D eigenvalue weighted by atomic mass is 32.2. The van der Waals surface area contributed by atoms with Gasteiger partial charge in [-0.05, 0) is 25.0 Å². The van der Waals surface area contributed by atoms with E-state index in [-0.39, 0.29) is 16.8 Å². The summed E-state index contributed by atoms with van der Waals surface area (Å²) in [6.45, 7) is -0.288. The Balaban J connectivity index is 2.33. The van der Waals surface area contributed by atoms with Gasteiger partial charge < -0.3 is 4.74 Å². The van der Waals surface area contributed by atoms with Gasteiger partial charge in [0.1, 0.15) is 21.7 Å². The molecule has 2 rings (SSSR count). The van der Waals surface area contributed by atoms with Crippen LogP contribution in [0.2, 0.25) is 0 Å². The second-order valence-electron chi connectivity index (χ2n) is 4.80. The summed E-state index contributed by atoms with van der Waals surface area (Å²) >= 11 is 0.919. The van der Waals surface area contributed by atoms with Crippen molar-refractivity contribution in [2.24, 2.45) is 0 Å². The molecule has 0 bridgehead atoms. The molecule has 1 heterocycles. The SMILES string of the molecule is COC(=O)CN(C1CCCC1)S(=O)(=O)c1ccc(C#N)s1. The van der Waals surface area contributed by atoms with Gasteiger partial charge in [-0.15, -0.1) is 11.3 Å². The molecule has 0 saturated heterocycles. The molecule has 114 valence electrons. The van der Waals surface area contributed by atoms with Crippen molar-refractivity contribution in [3.8, 4) is 6.07 Å². The molecule has 1 aromatic rings. The number of methoxy groups -OCH3 is 1. The lowest BCUT2D eigenvalue weighted by molar-refractivity contribution is -0.141. The third kappa shape index (κ3) is 3.43. The predicted octanol–water partition coefficient (Wildman–Crippen LogP) is 1.73. The predicted molar refractivity (Wildman–Crippen MR) is 77.2 cm³/mol. The highest BCUT2D eigenvalue weighted by Gasteiger charge is 2.35. The number of ether oxygens (including phenoxy) is 1. The largest absolute Gasteiger partial charge is 0.468 e. The Morgan fingerprint density at radius 2 is 2.14 bits per heavy atom. The summed E-state index contributed by atoms with van der Waals surface area (Å²) in [5.41, 5.74) is 0. The number of carbonyl (C=O) groups excluding carboxylic acids is 1. The Hall–Kier alpha value is -1.43. The minimum atomic E-state index is -3.78. The molecular weight excluding hydrogens is 312 g/mol. The smallest absolute Gasteiger partial charge is 0.321 e. The van der Waals surface area contributed by atoms with E-state index >= 15 is 0 Å². The van der Waals surface area contributed by atoms with E-state index in [0.717, 1.165) is 37.0 Å². The minimum Gasteiger partial charge on any atom is -0.468 e. The summed E-state index contributed by atoms with van der Waals surface area (Å²) in [6.07, 6.45) is 3.39. The Morgan fingerprint density at radius 3 is 2.67 bits per heavy atom. The molecule has 0 N–H and O–H groups in total. The first-order chi connectivity index (χ1) is 9.98. The van der Waals surface area contributed by atoms with Crippen molar-refractivity contribution in [2.45, 2.75) is 35.9 Å². The summed E-state index contributed by atoms with van der Waals surface area (Å²) in [4.78, 5) is 11.9. The Labute approximate surface area is 128 Å². The van der Waals surface area contributed by atoms with E-state index in [9.17, 15) is 13.2 Å². The Morgan fingerprint density at radius 1 is 1.48 bits per heavy atom. The Bertz CT molecular complexity index is 654. The molecule has 0 atom stereocenters. The Kier molecular flexibility index (Phi) is 4.98. The van der Waals surface area contributed by atoms with Crippen LogP contribution < -0.4 is 0 Å². The minimum absolute atomic E-state index is 0.0925. The lowest BCUT2D eigenvalue weighted by Crippen LogP contribution is -2.42. The highest BCUT2D eigenvalue weighted by molar-refractivity contribution is 7.91. The second kappa shape index (κ2) is 6.56. The van der Waals surface area contributed by atoms with E-state index in [4.69, 9.17) is 5.26 Å². The van der Waals surface area contributed by atoms with Crippen LogP contribution >= 0.6 is 11.3 Å². The molecular formula is C13H16N2O4S2. The van der Waals surface area contributed by atoms with E-state index in [2.05, 4.69) is 4.74 Å².